The Morgan fingerprint density at radius 1 is 0.947 bits per heavy atom. The fourth-order valence-electron chi connectivity index (χ4n) is 4.18. The van der Waals surface area contributed by atoms with Crippen LogP contribution in [0.4, 0.5) is 0 Å². The lowest BCUT2D eigenvalue weighted by Crippen LogP contribution is -2.62. The molecule has 0 saturated heterocycles. The van der Waals surface area contributed by atoms with Gasteiger partial charge in [0.15, 0.2) is 11.7 Å². The van der Waals surface area contributed by atoms with E-state index in [1.54, 1.807) is 6.92 Å². The third-order valence-electron chi connectivity index (χ3n) is 6.54. The van der Waals surface area contributed by atoms with Crippen LogP contribution in [0.2, 0.25) is 0 Å². The van der Waals surface area contributed by atoms with Gasteiger partial charge in [-0.15, -0.1) is 12.6 Å². The lowest BCUT2D eigenvalue weighted by molar-refractivity contribution is -0.132. The summed E-state index contributed by atoms with van der Waals surface area (Å²) in [6.07, 6.45) is 1.92. The van der Waals surface area contributed by atoms with Gasteiger partial charge in [-0.25, -0.2) is 0 Å². The van der Waals surface area contributed by atoms with Crippen LogP contribution in [0, 0.1) is 0 Å². The van der Waals surface area contributed by atoms with Gasteiger partial charge in [0.2, 0.25) is 11.0 Å². The smallest absolute Gasteiger partial charge is 0.237 e. The van der Waals surface area contributed by atoms with Gasteiger partial charge in [-0.1, -0.05) is 67.6 Å². The molecule has 10 heteroatoms. The first kappa shape index (κ1) is 31.0. The minimum absolute atomic E-state index is 0.0229. The van der Waals surface area contributed by atoms with E-state index < -0.39 is 34.7 Å². The number of hydrogen-bond acceptors (Lipinski definition) is 6. The zero-order chi connectivity index (χ0) is 28.1. The molecule has 2 aromatic rings. The molecular formula is C28H40N6O3S. The van der Waals surface area contributed by atoms with Crippen LogP contribution in [0.3, 0.4) is 0 Å². The summed E-state index contributed by atoms with van der Waals surface area (Å²) in [6.45, 7) is 3.94. The van der Waals surface area contributed by atoms with Gasteiger partial charge in [0, 0.05) is 6.54 Å². The molecule has 0 bridgehead atoms. The SMILES string of the molecule is CCC(C)(NC(CCCN=C(N)N)C(=O)S)C(=O)C(Cc1ccccc1)NC(=O)C(N)Cc1ccccc1. The molecule has 1 amide bonds. The van der Waals surface area contributed by atoms with Crippen LogP contribution in [0.25, 0.3) is 0 Å². The quantitative estimate of drug-likeness (QED) is 0.0812. The van der Waals surface area contributed by atoms with Crippen molar-refractivity contribution in [2.24, 2.45) is 22.2 Å². The Balaban J connectivity index is 2.23. The maximum absolute atomic E-state index is 14.0. The number of rotatable bonds is 16. The number of carbonyl (C=O) groups excluding carboxylic acids is 3. The molecular weight excluding hydrogens is 500 g/mol. The molecule has 8 N–H and O–H groups in total. The number of nitrogens with two attached hydrogens (primary N) is 3. The molecule has 2 aromatic carbocycles. The zero-order valence-electron chi connectivity index (χ0n) is 22.1. The van der Waals surface area contributed by atoms with E-state index in [1.807, 2.05) is 67.6 Å². The fourth-order valence-corrected chi connectivity index (χ4v) is 4.37. The lowest BCUT2D eigenvalue weighted by Gasteiger charge is -2.35. The number of amides is 1. The molecule has 38 heavy (non-hydrogen) atoms. The molecule has 0 spiro atoms. The van der Waals surface area contributed by atoms with Crippen molar-refractivity contribution in [3.63, 3.8) is 0 Å². The van der Waals surface area contributed by atoms with Gasteiger partial charge in [-0.2, -0.15) is 0 Å². The predicted molar refractivity (Wildman–Crippen MR) is 155 cm³/mol. The molecule has 206 valence electrons. The Hall–Kier alpha value is -3.21. The van der Waals surface area contributed by atoms with E-state index in [0.717, 1.165) is 11.1 Å². The van der Waals surface area contributed by atoms with Crippen molar-refractivity contribution in [1.29, 1.82) is 0 Å². The highest BCUT2D eigenvalue weighted by molar-refractivity contribution is 7.96. The summed E-state index contributed by atoms with van der Waals surface area (Å²) in [4.78, 5) is 43.4. The molecule has 0 saturated carbocycles. The van der Waals surface area contributed by atoms with E-state index in [9.17, 15) is 14.4 Å². The van der Waals surface area contributed by atoms with E-state index in [2.05, 4.69) is 28.3 Å². The Bertz CT molecular complexity index is 1080. The summed E-state index contributed by atoms with van der Waals surface area (Å²) >= 11 is 4.03. The van der Waals surface area contributed by atoms with Crippen molar-refractivity contribution in [3.05, 3.63) is 71.8 Å². The monoisotopic (exact) mass is 540 g/mol. The number of hydrogen-bond donors (Lipinski definition) is 6. The van der Waals surface area contributed by atoms with Crippen molar-refractivity contribution in [2.45, 2.75) is 69.6 Å². The highest BCUT2D eigenvalue weighted by Gasteiger charge is 2.39. The molecule has 4 unspecified atom stereocenters. The molecule has 0 heterocycles. The van der Waals surface area contributed by atoms with Gasteiger partial charge in [0.25, 0.3) is 0 Å². The Morgan fingerprint density at radius 3 is 2.00 bits per heavy atom. The summed E-state index contributed by atoms with van der Waals surface area (Å²) in [5.41, 5.74) is 17.7. The van der Waals surface area contributed by atoms with Crippen LogP contribution in [-0.4, -0.2) is 53.0 Å². The van der Waals surface area contributed by atoms with Crippen LogP contribution in [0.1, 0.15) is 44.2 Å². The molecule has 0 radical (unpaired) electrons. The first-order valence-corrected chi connectivity index (χ1v) is 13.2. The Labute approximate surface area is 230 Å². The molecule has 0 aliphatic rings. The second-order valence-corrected chi connectivity index (χ2v) is 10.0. The standard InChI is InChI=1S/C28H40N6O3S/c1-3-28(2,34-22(26(37)38)15-10-16-32-27(30)31)24(35)23(18-20-13-8-5-9-14-20)33-25(36)21(29)17-19-11-6-4-7-12-19/h4-9,11-14,21-23,34H,3,10,15-18,29H2,1-2H3,(H,33,36)(H,37,38)(H4,30,31,32). The first-order valence-electron chi connectivity index (χ1n) is 12.8. The second kappa shape index (κ2) is 15.3. The first-order chi connectivity index (χ1) is 18.1. The van der Waals surface area contributed by atoms with Gasteiger partial charge >= 0.3 is 0 Å². The largest absolute Gasteiger partial charge is 0.370 e. The minimum Gasteiger partial charge on any atom is -0.370 e. The summed E-state index contributed by atoms with van der Waals surface area (Å²) in [6, 6.07) is 16.5. The number of carbonyl (C=O) groups is 3. The van der Waals surface area contributed by atoms with E-state index in [-0.39, 0.29) is 18.2 Å². The Kier molecular flexibility index (Phi) is 12.5. The van der Waals surface area contributed by atoms with Crippen molar-refractivity contribution < 1.29 is 14.4 Å². The van der Waals surface area contributed by atoms with E-state index in [0.29, 0.717) is 32.2 Å². The number of guanidine groups is 1. The predicted octanol–water partition coefficient (Wildman–Crippen LogP) is 1.49. The maximum atomic E-state index is 14.0. The third-order valence-corrected chi connectivity index (χ3v) is 6.85. The molecule has 0 aliphatic heterocycles. The summed E-state index contributed by atoms with van der Waals surface area (Å²) < 4.78 is 0. The van der Waals surface area contributed by atoms with Gasteiger partial charge in [-0.3, -0.25) is 24.7 Å². The van der Waals surface area contributed by atoms with Gasteiger partial charge in [-0.05, 0) is 50.2 Å². The Morgan fingerprint density at radius 2 is 1.50 bits per heavy atom. The highest BCUT2D eigenvalue weighted by atomic mass is 32.1. The van der Waals surface area contributed by atoms with Crippen LogP contribution >= 0.6 is 12.6 Å². The number of thiol groups is 1. The maximum Gasteiger partial charge on any atom is 0.237 e. The van der Waals surface area contributed by atoms with Crippen molar-refractivity contribution in [2.75, 3.05) is 6.54 Å². The van der Waals surface area contributed by atoms with E-state index >= 15 is 0 Å². The third kappa shape index (κ3) is 9.92. The topological polar surface area (TPSA) is 166 Å². The number of Topliss-reactive ketones (excluding diaryl/α,β-unsaturated/α-hetero) is 1. The average Bonchev–Trinajstić information content (AvgIpc) is 2.90. The number of ketones is 1. The van der Waals surface area contributed by atoms with Crippen LogP contribution in [0.5, 0.6) is 0 Å². The summed E-state index contributed by atoms with van der Waals surface area (Å²) in [5, 5.41) is 5.70. The molecule has 9 nitrogen and oxygen atoms in total. The fraction of sp³-hybridized carbons (Fsp3) is 0.429. The zero-order valence-corrected chi connectivity index (χ0v) is 23.0. The van der Waals surface area contributed by atoms with Crippen LogP contribution < -0.4 is 27.8 Å². The number of nitrogens with one attached hydrogen (secondary N) is 2. The average molecular weight is 541 g/mol. The van der Waals surface area contributed by atoms with E-state index in [1.165, 1.54) is 0 Å². The van der Waals surface area contributed by atoms with Gasteiger partial charge in [0.05, 0.1) is 23.7 Å². The number of aliphatic imine (C=N–C) groups is 1. The molecule has 4 atom stereocenters. The van der Waals surface area contributed by atoms with Gasteiger partial charge < -0.3 is 22.5 Å². The van der Waals surface area contributed by atoms with Crippen molar-refractivity contribution >= 4 is 35.4 Å². The summed E-state index contributed by atoms with van der Waals surface area (Å²) in [5.74, 6) is -0.682. The van der Waals surface area contributed by atoms with Crippen molar-refractivity contribution in [3.8, 4) is 0 Å². The lowest BCUT2D eigenvalue weighted by atomic mass is 9.85. The highest BCUT2D eigenvalue weighted by Crippen LogP contribution is 2.19. The molecule has 0 fully saturated rings. The van der Waals surface area contributed by atoms with Crippen molar-refractivity contribution in [1.82, 2.24) is 10.6 Å². The van der Waals surface area contributed by atoms with Gasteiger partial charge in [0.1, 0.15) is 0 Å². The minimum atomic E-state index is -1.12. The summed E-state index contributed by atoms with van der Waals surface area (Å²) in [7, 11) is 0. The number of benzene rings is 2. The molecule has 2 rings (SSSR count). The number of nitrogens with zero attached hydrogens (tertiary/aromatic N) is 1. The van der Waals surface area contributed by atoms with Crippen LogP contribution in [-0.2, 0) is 27.2 Å². The van der Waals surface area contributed by atoms with E-state index in [4.69, 9.17) is 17.2 Å². The van der Waals surface area contributed by atoms with Crippen LogP contribution in [0.15, 0.2) is 65.7 Å². The normalized spacial score (nSPS) is 14.9. The molecule has 0 aliphatic carbocycles. The second-order valence-electron chi connectivity index (χ2n) is 9.58. The molecule has 0 aromatic heterocycles.